The van der Waals surface area contributed by atoms with E-state index in [1.165, 1.54) is 29.8 Å². The molecule has 2 aromatic heterocycles. The Balaban J connectivity index is 1.61. The van der Waals surface area contributed by atoms with Gasteiger partial charge in [0.25, 0.3) is 0 Å². The van der Waals surface area contributed by atoms with E-state index in [2.05, 4.69) is 48.1 Å². The maximum Gasteiger partial charge on any atom is 0.0659 e. The number of hydrogen-bond donors (Lipinski definition) is 1. The van der Waals surface area contributed by atoms with Crippen LogP contribution in [0.3, 0.4) is 0 Å². The Kier molecular flexibility index (Phi) is 4.10. The molecule has 5 nitrogen and oxygen atoms in total. The fourth-order valence-corrected chi connectivity index (χ4v) is 2.62. The Morgan fingerprint density at radius 2 is 2.14 bits per heavy atom. The topological polar surface area (TPSA) is 47.7 Å². The highest BCUT2D eigenvalue weighted by molar-refractivity contribution is 5.19. The van der Waals surface area contributed by atoms with E-state index >= 15 is 0 Å². The molecule has 1 N–H and O–H groups in total. The van der Waals surface area contributed by atoms with Crippen molar-refractivity contribution in [1.82, 2.24) is 24.9 Å². The molecular formula is C16H25N5. The average molecular weight is 287 g/mol. The molecule has 1 saturated carbocycles. The minimum Gasteiger partial charge on any atom is -0.307 e. The molecule has 0 bridgehead atoms. The van der Waals surface area contributed by atoms with E-state index in [1.54, 1.807) is 0 Å². The lowest BCUT2D eigenvalue weighted by atomic mass is 10.2. The summed E-state index contributed by atoms with van der Waals surface area (Å²) < 4.78 is 4.12. The molecule has 0 radical (unpaired) electrons. The van der Waals surface area contributed by atoms with Crippen LogP contribution in [0.25, 0.3) is 0 Å². The van der Waals surface area contributed by atoms with Crippen molar-refractivity contribution in [2.24, 2.45) is 0 Å². The van der Waals surface area contributed by atoms with Gasteiger partial charge < -0.3 is 5.32 Å². The summed E-state index contributed by atoms with van der Waals surface area (Å²) in [7, 11) is 0. The lowest BCUT2D eigenvalue weighted by molar-refractivity contribution is 0.491. The van der Waals surface area contributed by atoms with Crippen molar-refractivity contribution >= 4 is 0 Å². The highest BCUT2D eigenvalue weighted by Gasteiger charge is 2.27. The van der Waals surface area contributed by atoms with Crippen molar-refractivity contribution in [1.29, 1.82) is 0 Å². The quantitative estimate of drug-likeness (QED) is 0.852. The molecule has 0 atom stereocenters. The van der Waals surface area contributed by atoms with Crippen LogP contribution in [-0.2, 0) is 19.6 Å². The highest BCUT2D eigenvalue weighted by atomic mass is 15.3. The van der Waals surface area contributed by atoms with Crippen LogP contribution in [0, 0.1) is 0 Å². The lowest BCUT2D eigenvalue weighted by Crippen LogP contribution is -2.17. The van der Waals surface area contributed by atoms with Crippen molar-refractivity contribution in [3.63, 3.8) is 0 Å². The molecule has 2 aromatic rings. The first-order chi connectivity index (χ1) is 10.2. The first kappa shape index (κ1) is 14.3. The summed E-state index contributed by atoms with van der Waals surface area (Å²) in [6.07, 6.45) is 6.64. The van der Waals surface area contributed by atoms with Crippen molar-refractivity contribution < 1.29 is 0 Å². The molecule has 3 rings (SSSR count). The molecule has 0 unspecified atom stereocenters. The second-order valence-electron chi connectivity index (χ2n) is 6.18. The summed E-state index contributed by atoms with van der Waals surface area (Å²) in [6, 6.07) is 2.69. The lowest BCUT2D eigenvalue weighted by Gasteiger charge is -2.11. The molecule has 2 heterocycles. The van der Waals surface area contributed by atoms with Crippen LogP contribution in [0.5, 0.6) is 0 Å². The zero-order chi connectivity index (χ0) is 14.8. The van der Waals surface area contributed by atoms with E-state index in [9.17, 15) is 0 Å². The summed E-state index contributed by atoms with van der Waals surface area (Å²) in [5.41, 5.74) is 3.80. The van der Waals surface area contributed by atoms with Gasteiger partial charge in [-0.1, -0.05) is 0 Å². The molecule has 114 valence electrons. The van der Waals surface area contributed by atoms with E-state index in [0.717, 1.165) is 19.6 Å². The fraction of sp³-hybridized carbons (Fsp3) is 0.625. The zero-order valence-corrected chi connectivity index (χ0v) is 13.2. The van der Waals surface area contributed by atoms with Gasteiger partial charge in [0.1, 0.15) is 0 Å². The molecule has 21 heavy (non-hydrogen) atoms. The molecule has 1 fully saturated rings. The Bertz CT molecular complexity index is 592. The Morgan fingerprint density at radius 3 is 2.76 bits per heavy atom. The third-order valence-electron chi connectivity index (χ3n) is 3.96. The number of aromatic nitrogens is 4. The van der Waals surface area contributed by atoms with Gasteiger partial charge in [-0.15, -0.1) is 0 Å². The Hall–Kier alpha value is -1.62. The summed E-state index contributed by atoms with van der Waals surface area (Å²) in [4.78, 5) is 0. The number of aryl methyl sites for hydroxylation is 1. The Labute approximate surface area is 126 Å². The van der Waals surface area contributed by atoms with Gasteiger partial charge >= 0.3 is 0 Å². The van der Waals surface area contributed by atoms with E-state index in [1.807, 2.05) is 10.9 Å². The standard InChI is InChI=1S/C16H25N5/c1-4-20-11-13(9-18-20)8-17-10-15-7-16(14-5-6-14)19-21(15)12(2)3/h7,9,11-12,14,17H,4-6,8,10H2,1-3H3. The van der Waals surface area contributed by atoms with Crippen molar-refractivity contribution in [2.75, 3.05) is 0 Å². The Morgan fingerprint density at radius 1 is 1.33 bits per heavy atom. The van der Waals surface area contributed by atoms with E-state index in [4.69, 9.17) is 5.10 Å². The SMILES string of the molecule is CCn1cc(CNCc2cc(C3CC3)nn2C(C)C)cn1. The monoisotopic (exact) mass is 287 g/mol. The van der Waals surface area contributed by atoms with Crippen molar-refractivity contribution in [3.8, 4) is 0 Å². The molecule has 0 spiro atoms. The molecule has 0 aliphatic heterocycles. The maximum atomic E-state index is 4.77. The van der Waals surface area contributed by atoms with Crippen LogP contribution in [0.4, 0.5) is 0 Å². The van der Waals surface area contributed by atoms with Gasteiger partial charge in [-0.3, -0.25) is 9.36 Å². The van der Waals surface area contributed by atoms with E-state index in [-0.39, 0.29) is 0 Å². The van der Waals surface area contributed by atoms with Crippen LogP contribution < -0.4 is 5.32 Å². The number of rotatable bonds is 7. The molecule has 1 aliphatic carbocycles. The van der Waals surface area contributed by atoms with Crippen LogP contribution in [0.1, 0.15) is 62.5 Å². The predicted molar refractivity (Wildman–Crippen MR) is 83.0 cm³/mol. The van der Waals surface area contributed by atoms with Gasteiger partial charge in [0.15, 0.2) is 0 Å². The number of nitrogens with one attached hydrogen (secondary N) is 1. The van der Waals surface area contributed by atoms with Crippen molar-refractivity contribution in [2.45, 2.75) is 65.2 Å². The molecule has 5 heteroatoms. The summed E-state index contributed by atoms with van der Waals surface area (Å²) in [5.74, 6) is 0.714. The number of hydrogen-bond acceptors (Lipinski definition) is 3. The third-order valence-corrected chi connectivity index (χ3v) is 3.96. The highest BCUT2D eigenvalue weighted by Crippen LogP contribution is 2.39. The van der Waals surface area contributed by atoms with Crippen molar-refractivity contribution in [3.05, 3.63) is 35.4 Å². The van der Waals surface area contributed by atoms with E-state index in [0.29, 0.717) is 12.0 Å². The van der Waals surface area contributed by atoms with E-state index < -0.39 is 0 Å². The van der Waals surface area contributed by atoms with Gasteiger partial charge in [0, 0.05) is 43.4 Å². The minimum absolute atomic E-state index is 0.414. The summed E-state index contributed by atoms with van der Waals surface area (Å²) in [6.45, 7) is 9.11. The largest absolute Gasteiger partial charge is 0.307 e. The van der Waals surface area contributed by atoms with Crippen LogP contribution in [0.2, 0.25) is 0 Å². The predicted octanol–water partition coefficient (Wildman–Crippen LogP) is 2.85. The van der Waals surface area contributed by atoms with Gasteiger partial charge in [-0.2, -0.15) is 10.2 Å². The van der Waals surface area contributed by atoms with Gasteiger partial charge in [0.05, 0.1) is 17.6 Å². The first-order valence-corrected chi connectivity index (χ1v) is 7.97. The average Bonchev–Trinajstić information content (AvgIpc) is 3.06. The first-order valence-electron chi connectivity index (χ1n) is 7.97. The maximum absolute atomic E-state index is 4.77. The van der Waals surface area contributed by atoms with Gasteiger partial charge in [-0.25, -0.2) is 0 Å². The molecule has 1 aliphatic rings. The van der Waals surface area contributed by atoms with Crippen LogP contribution in [-0.4, -0.2) is 19.6 Å². The van der Waals surface area contributed by atoms with Gasteiger partial charge in [-0.05, 0) is 39.7 Å². The molecule has 0 saturated heterocycles. The molecule has 0 amide bonds. The number of nitrogens with zero attached hydrogens (tertiary/aromatic N) is 4. The van der Waals surface area contributed by atoms with Crippen LogP contribution in [0.15, 0.2) is 18.5 Å². The van der Waals surface area contributed by atoms with Crippen LogP contribution >= 0.6 is 0 Å². The summed E-state index contributed by atoms with van der Waals surface area (Å²) in [5, 5.41) is 12.6. The zero-order valence-electron chi connectivity index (χ0n) is 13.2. The minimum atomic E-state index is 0.414. The summed E-state index contributed by atoms with van der Waals surface area (Å²) >= 11 is 0. The second-order valence-corrected chi connectivity index (χ2v) is 6.18. The second kappa shape index (κ2) is 6.02. The normalized spacial score (nSPS) is 15.0. The van der Waals surface area contributed by atoms with Gasteiger partial charge in [0.2, 0.25) is 0 Å². The smallest absolute Gasteiger partial charge is 0.0659 e. The fourth-order valence-electron chi connectivity index (χ4n) is 2.62. The molecular weight excluding hydrogens is 262 g/mol. The molecule has 0 aromatic carbocycles. The third kappa shape index (κ3) is 3.35.